The van der Waals surface area contributed by atoms with Gasteiger partial charge in [-0.05, 0) is 36.4 Å². The highest BCUT2D eigenvalue weighted by molar-refractivity contribution is 6.06. The van der Waals surface area contributed by atoms with E-state index in [4.69, 9.17) is 0 Å². The number of fused-ring (bicyclic) bond motifs is 1. The highest BCUT2D eigenvalue weighted by Crippen LogP contribution is 2.12. The van der Waals surface area contributed by atoms with Crippen molar-refractivity contribution in [2.75, 3.05) is 0 Å². The molecule has 3 nitrogen and oxygen atoms in total. The Hall–Kier alpha value is -2.75. The molecule has 20 heavy (non-hydrogen) atoms. The van der Waals surface area contributed by atoms with Gasteiger partial charge in [0.2, 0.25) is 0 Å². The van der Waals surface area contributed by atoms with E-state index >= 15 is 0 Å². The molecule has 0 fully saturated rings. The van der Waals surface area contributed by atoms with E-state index in [1.54, 1.807) is 12.1 Å². The highest BCUT2D eigenvalue weighted by atomic mass is 19.1. The molecule has 3 rings (SSSR count). The summed E-state index contributed by atoms with van der Waals surface area (Å²) in [4.78, 5) is 19.3. The molecule has 4 heteroatoms. The number of imidazole rings is 1. The van der Waals surface area contributed by atoms with Crippen LogP contribution in [0.25, 0.3) is 17.1 Å². The first-order valence-corrected chi connectivity index (χ1v) is 6.15. The van der Waals surface area contributed by atoms with Crippen molar-refractivity contribution in [1.29, 1.82) is 0 Å². The van der Waals surface area contributed by atoms with Gasteiger partial charge in [0.05, 0.1) is 11.0 Å². The van der Waals surface area contributed by atoms with Crippen LogP contribution in [0.4, 0.5) is 4.39 Å². The summed E-state index contributed by atoms with van der Waals surface area (Å²) >= 11 is 0. The molecular weight excluding hydrogens is 255 g/mol. The summed E-state index contributed by atoms with van der Waals surface area (Å²) in [5, 5.41) is 0. The van der Waals surface area contributed by atoms with Crippen LogP contribution >= 0.6 is 0 Å². The molecule has 1 N–H and O–H groups in total. The Balaban J connectivity index is 1.84. The normalized spacial score (nSPS) is 11.2. The lowest BCUT2D eigenvalue weighted by molar-refractivity contribution is 0.104. The third-order valence-electron chi connectivity index (χ3n) is 2.91. The molecule has 0 unspecified atom stereocenters. The van der Waals surface area contributed by atoms with E-state index in [2.05, 4.69) is 9.97 Å². The minimum absolute atomic E-state index is 0.259. The van der Waals surface area contributed by atoms with Gasteiger partial charge < -0.3 is 4.98 Å². The Morgan fingerprint density at radius 1 is 1.15 bits per heavy atom. The number of aromatic nitrogens is 2. The zero-order valence-corrected chi connectivity index (χ0v) is 10.5. The maximum atomic E-state index is 13.0. The minimum atomic E-state index is -0.423. The number of nitrogens with one attached hydrogen (secondary N) is 1. The summed E-state index contributed by atoms with van der Waals surface area (Å²) in [7, 11) is 0. The lowest BCUT2D eigenvalue weighted by atomic mass is 10.1. The molecule has 0 saturated carbocycles. The summed E-state index contributed by atoms with van der Waals surface area (Å²) < 4.78 is 13.0. The van der Waals surface area contributed by atoms with Crippen molar-refractivity contribution in [3.8, 4) is 0 Å². The second-order valence-electron chi connectivity index (χ2n) is 4.35. The number of carbonyl (C=O) groups excluding carboxylic acids is 1. The first kappa shape index (κ1) is 12.3. The van der Waals surface area contributed by atoms with Crippen LogP contribution in [0.1, 0.15) is 16.2 Å². The van der Waals surface area contributed by atoms with E-state index in [1.165, 1.54) is 24.3 Å². The van der Waals surface area contributed by atoms with Gasteiger partial charge in [0, 0.05) is 5.56 Å². The molecule has 2 aromatic carbocycles. The van der Waals surface area contributed by atoms with E-state index in [-0.39, 0.29) is 5.78 Å². The molecule has 0 amide bonds. The number of H-pyrrole nitrogens is 1. The molecule has 0 aliphatic rings. The smallest absolute Gasteiger partial charge is 0.186 e. The van der Waals surface area contributed by atoms with E-state index in [1.807, 2.05) is 24.3 Å². The van der Waals surface area contributed by atoms with Gasteiger partial charge in [0.25, 0.3) is 0 Å². The van der Waals surface area contributed by atoms with Crippen LogP contribution in [0.3, 0.4) is 0 Å². The van der Waals surface area contributed by atoms with Crippen molar-refractivity contribution in [2.45, 2.75) is 0 Å². The molecule has 98 valence electrons. The van der Waals surface area contributed by atoms with Crippen molar-refractivity contribution in [3.05, 3.63) is 71.8 Å². The Labute approximate surface area is 114 Å². The van der Waals surface area contributed by atoms with Crippen LogP contribution in [-0.2, 0) is 0 Å². The summed E-state index contributed by atoms with van der Waals surface area (Å²) in [6.07, 6.45) is 2.97. The molecule has 1 aromatic heterocycles. The Morgan fingerprint density at radius 2 is 2.00 bits per heavy atom. The summed E-state index contributed by atoms with van der Waals surface area (Å²) in [6, 6.07) is 13.2. The van der Waals surface area contributed by atoms with Crippen molar-refractivity contribution < 1.29 is 9.18 Å². The van der Waals surface area contributed by atoms with Crippen LogP contribution < -0.4 is 0 Å². The summed E-state index contributed by atoms with van der Waals surface area (Å²) in [5.74, 6) is -0.0890. The van der Waals surface area contributed by atoms with Gasteiger partial charge in [-0.25, -0.2) is 9.37 Å². The van der Waals surface area contributed by atoms with E-state index in [0.29, 0.717) is 11.4 Å². The van der Waals surface area contributed by atoms with Gasteiger partial charge in [-0.2, -0.15) is 0 Å². The van der Waals surface area contributed by atoms with E-state index in [9.17, 15) is 9.18 Å². The fourth-order valence-electron chi connectivity index (χ4n) is 1.94. The molecule has 1 heterocycles. The molecule has 0 aliphatic heterocycles. The van der Waals surface area contributed by atoms with Crippen LogP contribution in [0, 0.1) is 5.82 Å². The zero-order chi connectivity index (χ0) is 13.9. The topological polar surface area (TPSA) is 45.8 Å². The van der Waals surface area contributed by atoms with Crippen LogP contribution in [0.2, 0.25) is 0 Å². The number of hydrogen-bond acceptors (Lipinski definition) is 2. The van der Waals surface area contributed by atoms with Crippen molar-refractivity contribution in [3.63, 3.8) is 0 Å². The third-order valence-corrected chi connectivity index (χ3v) is 2.91. The van der Waals surface area contributed by atoms with Crippen LogP contribution in [0.15, 0.2) is 54.6 Å². The number of allylic oxidation sites excluding steroid dienone is 1. The van der Waals surface area contributed by atoms with Gasteiger partial charge in [0.1, 0.15) is 11.6 Å². The van der Waals surface area contributed by atoms with Crippen molar-refractivity contribution >= 4 is 22.9 Å². The Morgan fingerprint density at radius 3 is 2.80 bits per heavy atom. The Kier molecular flexibility index (Phi) is 3.13. The first-order valence-electron chi connectivity index (χ1n) is 6.15. The fourth-order valence-corrected chi connectivity index (χ4v) is 1.94. The summed E-state index contributed by atoms with van der Waals surface area (Å²) in [6.45, 7) is 0. The quantitative estimate of drug-likeness (QED) is 0.581. The molecule has 0 radical (unpaired) electrons. The molecule has 0 bridgehead atoms. The number of para-hydroxylation sites is 2. The van der Waals surface area contributed by atoms with E-state index in [0.717, 1.165) is 11.0 Å². The standard InChI is InChI=1S/C16H11FN2O/c17-12-5-3-4-11(10-12)15(20)8-9-16-18-13-6-1-2-7-14(13)19-16/h1-10H,(H,18,19)/b9-8+. The third kappa shape index (κ3) is 2.49. The number of aromatic amines is 1. The predicted molar refractivity (Wildman–Crippen MR) is 75.9 cm³/mol. The van der Waals surface area contributed by atoms with Gasteiger partial charge in [0.15, 0.2) is 5.78 Å². The maximum absolute atomic E-state index is 13.0. The van der Waals surface area contributed by atoms with Crippen LogP contribution in [0.5, 0.6) is 0 Å². The second-order valence-corrected chi connectivity index (χ2v) is 4.35. The SMILES string of the molecule is O=C(/C=C/c1nc2ccccc2[nH]1)c1cccc(F)c1. The molecule has 0 aliphatic carbocycles. The molecule has 0 saturated heterocycles. The van der Waals surface area contributed by atoms with E-state index < -0.39 is 5.82 Å². The number of carbonyl (C=O) groups is 1. The van der Waals surface area contributed by atoms with Gasteiger partial charge in [-0.1, -0.05) is 24.3 Å². The predicted octanol–water partition coefficient (Wildman–Crippen LogP) is 3.60. The molecule has 0 spiro atoms. The fraction of sp³-hybridized carbons (Fsp3) is 0. The maximum Gasteiger partial charge on any atom is 0.186 e. The second kappa shape index (κ2) is 5.09. The molecule has 0 atom stereocenters. The number of rotatable bonds is 3. The number of hydrogen-bond donors (Lipinski definition) is 1. The van der Waals surface area contributed by atoms with Crippen molar-refractivity contribution in [1.82, 2.24) is 9.97 Å². The number of nitrogens with zero attached hydrogens (tertiary/aromatic N) is 1. The lowest BCUT2D eigenvalue weighted by Crippen LogP contribution is -1.94. The first-order chi connectivity index (χ1) is 9.72. The summed E-state index contributed by atoms with van der Waals surface area (Å²) in [5.41, 5.74) is 2.06. The monoisotopic (exact) mass is 266 g/mol. The minimum Gasteiger partial charge on any atom is -0.338 e. The largest absolute Gasteiger partial charge is 0.338 e. The zero-order valence-electron chi connectivity index (χ0n) is 10.5. The van der Waals surface area contributed by atoms with Crippen LogP contribution in [-0.4, -0.2) is 15.8 Å². The van der Waals surface area contributed by atoms with Gasteiger partial charge in [-0.15, -0.1) is 0 Å². The average Bonchev–Trinajstić information content (AvgIpc) is 2.87. The highest BCUT2D eigenvalue weighted by Gasteiger charge is 2.03. The molecular formula is C16H11FN2O. The van der Waals surface area contributed by atoms with Gasteiger partial charge in [-0.3, -0.25) is 4.79 Å². The number of benzene rings is 2. The Bertz CT molecular complexity index is 772. The number of ketones is 1. The molecule has 3 aromatic rings. The lowest BCUT2D eigenvalue weighted by Gasteiger charge is -1.94. The van der Waals surface area contributed by atoms with Gasteiger partial charge >= 0.3 is 0 Å². The van der Waals surface area contributed by atoms with Crippen molar-refractivity contribution in [2.24, 2.45) is 0 Å². The number of halogens is 1. The average molecular weight is 266 g/mol.